The molecule has 0 spiro atoms. The van der Waals surface area contributed by atoms with Crippen LogP contribution in [0.1, 0.15) is 65.9 Å². The molecule has 0 radical (unpaired) electrons. The van der Waals surface area contributed by atoms with E-state index in [1.165, 1.54) is 17.5 Å². The Labute approximate surface area is 255 Å². The first-order chi connectivity index (χ1) is 20.2. The van der Waals surface area contributed by atoms with Crippen molar-refractivity contribution in [3.63, 3.8) is 0 Å². The number of carbonyl (C=O) groups excluding carboxylic acids is 1. The molecule has 5 heteroatoms. The predicted molar refractivity (Wildman–Crippen MR) is 177 cm³/mol. The van der Waals surface area contributed by atoms with Crippen LogP contribution in [0.15, 0.2) is 103 Å². The van der Waals surface area contributed by atoms with Crippen molar-refractivity contribution in [2.75, 3.05) is 13.7 Å². The van der Waals surface area contributed by atoms with Crippen LogP contribution in [0.5, 0.6) is 0 Å². The van der Waals surface area contributed by atoms with Crippen LogP contribution in [0.2, 0.25) is 5.04 Å². The molecule has 0 unspecified atom stereocenters. The molecular weight excluding hydrogens is 536 g/mol. The van der Waals surface area contributed by atoms with E-state index in [9.17, 15) is 4.79 Å². The number of benzene rings is 3. The van der Waals surface area contributed by atoms with Gasteiger partial charge in [-0.25, -0.2) is 0 Å². The lowest BCUT2D eigenvalue weighted by molar-refractivity contribution is -0.139. The van der Waals surface area contributed by atoms with Crippen LogP contribution in [0.3, 0.4) is 0 Å². The summed E-state index contributed by atoms with van der Waals surface area (Å²) >= 11 is 0. The van der Waals surface area contributed by atoms with Crippen molar-refractivity contribution in [2.24, 2.45) is 11.8 Å². The second kappa shape index (κ2) is 16.6. The van der Waals surface area contributed by atoms with E-state index in [1.807, 2.05) is 24.3 Å². The third-order valence-corrected chi connectivity index (χ3v) is 13.2. The lowest BCUT2D eigenvalue weighted by atomic mass is 9.93. The molecule has 42 heavy (non-hydrogen) atoms. The predicted octanol–water partition coefficient (Wildman–Crippen LogP) is 7.71. The molecule has 0 saturated carbocycles. The van der Waals surface area contributed by atoms with Crippen molar-refractivity contribution in [2.45, 2.75) is 78.1 Å². The van der Waals surface area contributed by atoms with Crippen LogP contribution in [0, 0.1) is 11.8 Å². The van der Waals surface area contributed by atoms with Crippen molar-refractivity contribution < 1.29 is 18.7 Å². The molecule has 3 aromatic carbocycles. The van der Waals surface area contributed by atoms with Crippen molar-refractivity contribution in [1.82, 2.24) is 0 Å². The highest BCUT2D eigenvalue weighted by atomic mass is 28.4. The standard InChI is InChI=1S/C37H50O4Si/c1-7-31(26-27-35(30(2)18-17-25-36(38)39-6)40-28-32-19-11-8-12-20-32)29-41-42(37(3,4)5,33-21-13-9-14-22-33)34-23-15-10-16-24-34/h8-24,30-31,35H,7,25-29H2,1-6H3/b18-17+/t30-,31+,35-/m0/s1. The first-order valence-electron chi connectivity index (χ1n) is 15.3. The maximum absolute atomic E-state index is 11.6. The van der Waals surface area contributed by atoms with Crippen LogP contribution >= 0.6 is 0 Å². The zero-order valence-electron chi connectivity index (χ0n) is 26.4. The van der Waals surface area contributed by atoms with E-state index in [-0.39, 0.29) is 29.5 Å². The van der Waals surface area contributed by atoms with Crippen molar-refractivity contribution >= 4 is 24.7 Å². The highest BCUT2D eigenvalue weighted by Crippen LogP contribution is 2.37. The molecule has 0 N–H and O–H groups in total. The van der Waals surface area contributed by atoms with E-state index in [4.69, 9.17) is 13.9 Å². The molecule has 226 valence electrons. The van der Waals surface area contributed by atoms with E-state index < -0.39 is 8.32 Å². The lowest BCUT2D eigenvalue weighted by Gasteiger charge is -2.43. The van der Waals surface area contributed by atoms with Gasteiger partial charge in [0.2, 0.25) is 0 Å². The summed E-state index contributed by atoms with van der Waals surface area (Å²) in [6.07, 6.45) is 7.25. The third-order valence-electron chi connectivity index (χ3n) is 8.23. The average Bonchev–Trinajstić information content (AvgIpc) is 3.00. The average molecular weight is 587 g/mol. The Kier molecular flexibility index (Phi) is 13.2. The van der Waals surface area contributed by atoms with Gasteiger partial charge < -0.3 is 13.9 Å². The second-order valence-corrected chi connectivity index (χ2v) is 16.5. The maximum Gasteiger partial charge on any atom is 0.309 e. The summed E-state index contributed by atoms with van der Waals surface area (Å²) in [6.45, 7) is 12.7. The quantitative estimate of drug-likeness (QED) is 0.0980. The fraction of sp³-hybridized carbons (Fsp3) is 0.432. The maximum atomic E-state index is 11.6. The SMILES string of the molecule is CC[C@H](CC[C@H](OCc1ccccc1)[C@@H](C)/C=C/CC(=O)OC)CO[Si](c1ccccc1)(c1ccccc1)C(C)(C)C. The van der Waals surface area contributed by atoms with Crippen molar-refractivity contribution in [3.05, 3.63) is 109 Å². The molecule has 0 amide bonds. The van der Waals surface area contributed by atoms with E-state index in [1.54, 1.807) is 0 Å². The van der Waals surface area contributed by atoms with Crippen LogP contribution in [0.25, 0.3) is 0 Å². The number of hydrogen-bond donors (Lipinski definition) is 0. The minimum Gasteiger partial charge on any atom is -0.469 e. The van der Waals surface area contributed by atoms with E-state index in [0.29, 0.717) is 19.1 Å². The molecule has 0 heterocycles. The molecule has 3 rings (SSSR count). The zero-order chi connectivity index (χ0) is 30.4. The van der Waals surface area contributed by atoms with Crippen LogP contribution in [-0.2, 0) is 25.3 Å². The highest BCUT2D eigenvalue weighted by molar-refractivity contribution is 6.99. The Morgan fingerprint density at radius 1 is 0.857 bits per heavy atom. The molecular formula is C37H50O4Si. The van der Waals surface area contributed by atoms with Crippen LogP contribution < -0.4 is 10.4 Å². The smallest absolute Gasteiger partial charge is 0.309 e. The van der Waals surface area contributed by atoms with Gasteiger partial charge in [0.25, 0.3) is 8.32 Å². The summed E-state index contributed by atoms with van der Waals surface area (Å²) in [7, 11) is -1.16. The van der Waals surface area contributed by atoms with Gasteiger partial charge in [-0.15, -0.1) is 0 Å². The van der Waals surface area contributed by atoms with Gasteiger partial charge in [0.05, 0.1) is 26.2 Å². The topological polar surface area (TPSA) is 44.8 Å². The number of esters is 1. The summed E-state index contributed by atoms with van der Waals surface area (Å²) in [4.78, 5) is 11.6. The largest absolute Gasteiger partial charge is 0.469 e. The van der Waals surface area contributed by atoms with Crippen LogP contribution in [0.4, 0.5) is 0 Å². The minimum absolute atomic E-state index is 0.0287. The van der Waals surface area contributed by atoms with Crippen LogP contribution in [-0.4, -0.2) is 34.1 Å². The first-order valence-corrected chi connectivity index (χ1v) is 17.3. The van der Waals surface area contributed by atoms with Gasteiger partial charge in [0, 0.05) is 12.5 Å². The Bertz CT molecular complexity index is 1170. The number of rotatable bonds is 16. The molecule has 4 nitrogen and oxygen atoms in total. The molecule has 0 aromatic heterocycles. The Morgan fingerprint density at radius 3 is 1.90 bits per heavy atom. The Morgan fingerprint density at radius 2 is 1.40 bits per heavy atom. The molecule has 0 fully saturated rings. The van der Waals surface area contributed by atoms with Gasteiger partial charge >= 0.3 is 5.97 Å². The molecule has 0 aliphatic heterocycles. The normalized spacial score (nSPS) is 14.4. The summed E-state index contributed by atoms with van der Waals surface area (Å²) < 4.78 is 18.6. The first kappa shape index (κ1) is 33.5. The molecule has 3 aromatic rings. The van der Waals surface area contributed by atoms with Gasteiger partial charge in [-0.2, -0.15) is 0 Å². The summed E-state index contributed by atoms with van der Waals surface area (Å²) in [5, 5.41) is 2.58. The molecule has 0 aliphatic rings. The van der Waals surface area contributed by atoms with Gasteiger partial charge in [-0.05, 0) is 39.7 Å². The van der Waals surface area contributed by atoms with Gasteiger partial charge in [0.15, 0.2) is 0 Å². The number of carbonyl (C=O) groups is 1. The lowest BCUT2D eigenvalue weighted by Crippen LogP contribution is -2.66. The number of ether oxygens (including phenoxy) is 2. The Balaban J connectivity index is 1.78. The van der Waals surface area contributed by atoms with Gasteiger partial charge in [-0.3, -0.25) is 4.79 Å². The number of methoxy groups -OCH3 is 1. The summed E-state index contributed by atoms with van der Waals surface area (Å²) in [6, 6.07) is 32.0. The number of hydrogen-bond acceptors (Lipinski definition) is 4. The molecule has 0 aliphatic carbocycles. The Hall–Kier alpha value is -2.99. The molecule has 3 atom stereocenters. The summed E-state index contributed by atoms with van der Waals surface area (Å²) in [5.41, 5.74) is 1.16. The molecule has 0 bridgehead atoms. The fourth-order valence-electron chi connectivity index (χ4n) is 5.67. The second-order valence-electron chi connectivity index (χ2n) is 12.2. The third kappa shape index (κ3) is 9.25. The van der Waals surface area contributed by atoms with Gasteiger partial charge in [-0.1, -0.05) is 144 Å². The van der Waals surface area contributed by atoms with E-state index in [0.717, 1.165) is 24.8 Å². The fourth-order valence-corrected chi connectivity index (χ4v) is 10.3. The van der Waals surface area contributed by atoms with Gasteiger partial charge in [0.1, 0.15) is 0 Å². The van der Waals surface area contributed by atoms with E-state index >= 15 is 0 Å². The van der Waals surface area contributed by atoms with Crippen molar-refractivity contribution in [3.8, 4) is 0 Å². The monoisotopic (exact) mass is 586 g/mol. The summed E-state index contributed by atoms with van der Waals surface area (Å²) in [5.74, 6) is 0.334. The van der Waals surface area contributed by atoms with E-state index in [2.05, 4.69) is 113 Å². The highest BCUT2D eigenvalue weighted by Gasteiger charge is 2.50. The van der Waals surface area contributed by atoms with Crippen molar-refractivity contribution in [1.29, 1.82) is 0 Å². The zero-order valence-corrected chi connectivity index (χ0v) is 27.4. The molecule has 0 saturated heterocycles. The minimum atomic E-state index is -2.58.